The molecule has 0 fully saturated rings. The highest BCUT2D eigenvalue weighted by Gasteiger charge is 2.07. The second-order valence-corrected chi connectivity index (χ2v) is 4.07. The van der Waals surface area contributed by atoms with Gasteiger partial charge in [0.1, 0.15) is 6.61 Å². The summed E-state index contributed by atoms with van der Waals surface area (Å²) >= 11 is 0. The van der Waals surface area contributed by atoms with Gasteiger partial charge < -0.3 is 10.5 Å². The van der Waals surface area contributed by atoms with Crippen LogP contribution in [0.5, 0.6) is 5.75 Å². The number of rotatable bonds is 4. The predicted molar refractivity (Wildman–Crippen MR) is 67.8 cm³/mol. The summed E-state index contributed by atoms with van der Waals surface area (Å²) in [4.78, 5) is 0. The number of aromatic nitrogens is 2. The van der Waals surface area contributed by atoms with E-state index >= 15 is 0 Å². The van der Waals surface area contributed by atoms with Crippen LogP contribution in [0.25, 0.3) is 0 Å². The van der Waals surface area contributed by atoms with Gasteiger partial charge in [0, 0.05) is 30.1 Å². The molecule has 0 atom stereocenters. The van der Waals surface area contributed by atoms with Crippen LogP contribution in [0.4, 0.5) is 10.1 Å². The fraction of sp³-hybridized carbons (Fsp3) is 0.308. The minimum Gasteiger partial charge on any atom is -0.486 e. The monoisotopic (exact) mass is 249 g/mol. The Morgan fingerprint density at radius 3 is 2.83 bits per heavy atom. The quantitative estimate of drug-likeness (QED) is 0.847. The largest absolute Gasteiger partial charge is 0.486 e. The van der Waals surface area contributed by atoms with Gasteiger partial charge in [0.25, 0.3) is 0 Å². The fourth-order valence-electron chi connectivity index (χ4n) is 1.65. The maximum atomic E-state index is 13.5. The van der Waals surface area contributed by atoms with Gasteiger partial charge in [-0.3, -0.25) is 4.68 Å². The van der Waals surface area contributed by atoms with Crippen LogP contribution in [-0.4, -0.2) is 9.78 Å². The van der Waals surface area contributed by atoms with E-state index in [0.29, 0.717) is 12.3 Å². The molecule has 4 nitrogen and oxygen atoms in total. The molecular formula is C13H16FN3O. The van der Waals surface area contributed by atoms with Crippen molar-refractivity contribution in [2.75, 3.05) is 5.73 Å². The van der Waals surface area contributed by atoms with Gasteiger partial charge in [-0.2, -0.15) is 5.10 Å². The Labute approximate surface area is 105 Å². The molecule has 1 aromatic carbocycles. The first-order valence-electron chi connectivity index (χ1n) is 5.81. The Morgan fingerprint density at radius 1 is 1.44 bits per heavy atom. The third kappa shape index (κ3) is 2.61. The number of halogens is 1. The molecule has 2 N–H and O–H groups in total. The van der Waals surface area contributed by atoms with Crippen LogP contribution in [0, 0.1) is 12.7 Å². The maximum Gasteiger partial charge on any atom is 0.167 e. The molecule has 0 saturated carbocycles. The van der Waals surface area contributed by atoms with E-state index < -0.39 is 5.82 Å². The Balaban J connectivity index is 2.08. The molecule has 1 heterocycles. The van der Waals surface area contributed by atoms with Crippen molar-refractivity contribution >= 4 is 5.69 Å². The average molecular weight is 249 g/mol. The number of hydrogen-bond acceptors (Lipinski definition) is 3. The van der Waals surface area contributed by atoms with Gasteiger partial charge in [-0.15, -0.1) is 0 Å². The van der Waals surface area contributed by atoms with Crippen LogP contribution in [0.1, 0.15) is 18.2 Å². The van der Waals surface area contributed by atoms with Crippen molar-refractivity contribution in [1.29, 1.82) is 0 Å². The summed E-state index contributed by atoms with van der Waals surface area (Å²) in [5.74, 6) is -0.247. The Morgan fingerprint density at radius 2 is 2.22 bits per heavy atom. The van der Waals surface area contributed by atoms with E-state index in [2.05, 4.69) is 5.10 Å². The van der Waals surface area contributed by atoms with E-state index in [1.807, 2.05) is 24.7 Å². The first-order chi connectivity index (χ1) is 8.60. The number of ether oxygens (including phenoxy) is 1. The first kappa shape index (κ1) is 12.4. The minimum atomic E-state index is -0.449. The molecule has 0 spiro atoms. The van der Waals surface area contributed by atoms with E-state index in [4.69, 9.17) is 10.5 Å². The summed E-state index contributed by atoms with van der Waals surface area (Å²) in [5.41, 5.74) is 7.70. The van der Waals surface area contributed by atoms with Gasteiger partial charge in [0.05, 0.1) is 5.69 Å². The van der Waals surface area contributed by atoms with Gasteiger partial charge in [-0.05, 0) is 26.0 Å². The molecule has 0 saturated heterocycles. The molecule has 18 heavy (non-hydrogen) atoms. The highest BCUT2D eigenvalue weighted by atomic mass is 19.1. The van der Waals surface area contributed by atoms with Gasteiger partial charge in [0.2, 0.25) is 0 Å². The van der Waals surface area contributed by atoms with Crippen molar-refractivity contribution in [3.8, 4) is 5.75 Å². The molecule has 0 bridgehead atoms. The normalized spacial score (nSPS) is 10.6. The first-order valence-corrected chi connectivity index (χ1v) is 5.81. The van der Waals surface area contributed by atoms with E-state index in [1.54, 1.807) is 6.07 Å². The number of nitrogens with two attached hydrogens (primary N) is 1. The molecule has 2 aromatic rings. The lowest BCUT2D eigenvalue weighted by Gasteiger charge is -2.06. The molecule has 2 rings (SSSR count). The number of anilines is 1. The smallest absolute Gasteiger partial charge is 0.167 e. The molecule has 96 valence electrons. The Kier molecular flexibility index (Phi) is 3.50. The summed E-state index contributed by atoms with van der Waals surface area (Å²) in [6.45, 7) is 5.02. The fourth-order valence-corrected chi connectivity index (χ4v) is 1.65. The molecule has 0 aliphatic carbocycles. The lowest BCUT2D eigenvalue weighted by molar-refractivity contribution is 0.289. The molecule has 5 heteroatoms. The van der Waals surface area contributed by atoms with Gasteiger partial charge in [-0.25, -0.2) is 4.39 Å². The van der Waals surface area contributed by atoms with E-state index in [0.717, 1.165) is 17.8 Å². The number of nitrogens with zero attached hydrogens (tertiary/aromatic N) is 2. The van der Waals surface area contributed by atoms with Crippen molar-refractivity contribution in [2.45, 2.75) is 27.0 Å². The van der Waals surface area contributed by atoms with Gasteiger partial charge in [-0.1, -0.05) is 0 Å². The van der Waals surface area contributed by atoms with Crippen LogP contribution >= 0.6 is 0 Å². The zero-order valence-electron chi connectivity index (χ0n) is 10.5. The summed E-state index contributed by atoms with van der Waals surface area (Å²) in [6.07, 6.45) is 1.91. The second-order valence-electron chi connectivity index (χ2n) is 4.07. The molecular weight excluding hydrogens is 233 g/mol. The Hall–Kier alpha value is -2.04. The van der Waals surface area contributed by atoms with Crippen molar-refractivity contribution in [1.82, 2.24) is 9.78 Å². The molecule has 0 unspecified atom stereocenters. The Bertz CT molecular complexity index is 551. The number of aryl methyl sites for hydroxylation is 2. The lowest BCUT2D eigenvalue weighted by atomic mass is 10.2. The maximum absolute atomic E-state index is 13.5. The molecule has 0 amide bonds. The topological polar surface area (TPSA) is 53.1 Å². The third-order valence-corrected chi connectivity index (χ3v) is 2.71. The predicted octanol–water partition coefficient (Wildman–Crippen LogP) is 2.51. The molecule has 0 radical (unpaired) electrons. The van der Waals surface area contributed by atoms with Crippen molar-refractivity contribution in [3.05, 3.63) is 41.5 Å². The molecule has 0 aliphatic heterocycles. The van der Waals surface area contributed by atoms with E-state index in [1.165, 1.54) is 12.1 Å². The number of benzene rings is 1. The third-order valence-electron chi connectivity index (χ3n) is 2.71. The zero-order valence-corrected chi connectivity index (χ0v) is 10.5. The highest BCUT2D eigenvalue weighted by molar-refractivity contribution is 5.42. The summed E-state index contributed by atoms with van der Waals surface area (Å²) in [5, 5.41) is 4.30. The SMILES string of the molecule is CCn1cc(COc2ccc(N)cc2F)c(C)n1. The van der Waals surface area contributed by atoms with Crippen molar-refractivity contribution in [3.63, 3.8) is 0 Å². The number of nitrogen functional groups attached to an aromatic ring is 1. The molecule has 1 aromatic heterocycles. The van der Waals surface area contributed by atoms with Gasteiger partial charge in [0.15, 0.2) is 11.6 Å². The average Bonchev–Trinajstić information content (AvgIpc) is 2.69. The van der Waals surface area contributed by atoms with E-state index in [-0.39, 0.29) is 5.75 Å². The standard InChI is InChI=1S/C13H16FN3O/c1-3-17-7-10(9(2)16-17)8-18-13-5-4-11(15)6-12(13)14/h4-7H,3,8,15H2,1-2H3. The highest BCUT2D eigenvalue weighted by Crippen LogP contribution is 2.21. The van der Waals surface area contributed by atoms with E-state index in [9.17, 15) is 4.39 Å². The summed E-state index contributed by atoms with van der Waals surface area (Å²) < 4.78 is 20.8. The second kappa shape index (κ2) is 5.08. The minimum absolute atomic E-state index is 0.202. The number of hydrogen-bond donors (Lipinski definition) is 1. The van der Waals surface area contributed by atoms with Gasteiger partial charge >= 0.3 is 0 Å². The van der Waals surface area contributed by atoms with Crippen LogP contribution in [0.3, 0.4) is 0 Å². The van der Waals surface area contributed by atoms with Crippen molar-refractivity contribution < 1.29 is 9.13 Å². The summed E-state index contributed by atoms with van der Waals surface area (Å²) in [6, 6.07) is 4.39. The summed E-state index contributed by atoms with van der Waals surface area (Å²) in [7, 11) is 0. The van der Waals surface area contributed by atoms with Crippen LogP contribution in [0.2, 0.25) is 0 Å². The molecule has 0 aliphatic rings. The lowest BCUT2D eigenvalue weighted by Crippen LogP contribution is -1.98. The van der Waals surface area contributed by atoms with Crippen LogP contribution in [0.15, 0.2) is 24.4 Å². The van der Waals surface area contributed by atoms with Crippen molar-refractivity contribution in [2.24, 2.45) is 0 Å². The van der Waals surface area contributed by atoms with Crippen LogP contribution < -0.4 is 10.5 Å². The van der Waals surface area contributed by atoms with Crippen LogP contribution in [-0.2, 0) is 13.2 Å². The zero-order chi connectivity index (χ0) is 13.1.